The number of carbonyl (C=O) groups is 2. The van der Waals surface area contributed by atoms with Crippen molar-refractivity contribution in [1.82, 2.24) is 0 Å². The quantitative estimate of drug-likeness (QED) is 0.706. The van der Waals surface area contributed by atoms with Gasteiger partial charge in [-0.05, 0) is 36.4 Å². The van der Waals surface area contributed by atoms with Crippen LogP contribution in [0, 0.1) is 5.92 Å². The van der Waals surface area contributed by atoms with Crippen LogP contribution in [0.3, 0.4) is 0 Å². The van der Waals surface area contributed by atoms with E-state index in [1.54, 1.807) is 4.90 Å². The van der Waals surface area contributed by atoms with Crippen molar-refractivity contribution in [3.63, 3.8) is 0 Å². The number of nitrogens with one attached hydrogen (secondary N) is 1. The molecule has 5 heteroatoms. The molecule has 0 aliphatic carbocycles. The topological polar surface area (TPSA) is 52.7 Å². The molecule has 5 rings (SSSR count). The van der Waals surface area contributed by atoms with Gasteiger partial charge in [0.15, 0.2) is 0 Å². The van der Waals surface area contributed by atoms with Gasteiger partial charge in [-0.25, -0.2) is 0 Å². The van der Waals surface area contributed by atoms with Gasteiger partial charge in [0.1, 0.15) is 0 Å². The Morgan fingerprint density at radius 2 is 1.57 bits per heavy atom. The zero-order valence-corrected chi connectivity index (χ0v) is 16.9. The highest BCUT2D eigenvalue weighted by molar-refractivity contribution is 6.08. The Labute approximate surface area is 176 Å². The Hall–Kier alpha value is -3.34. The number of hydrogen-bond acceptors (Lipinski definition) is 3. The van der Waals surface area contributed by atoms with Gasteiger partial charge in [-0.15, -0.1) is 0 Å². The van der Waals surface area contributed by atoms with Crippen molar-refractivity contribution in [1.29, 1.82) is 0 Å². The summed E-state index contributed by atoms with van der Waals surface area (Å²) in [5, 5.41) is 5.23. The van der Waals surface area contributed by atoms with Crippen molar-refractivity contribution < 1.29 is 9.59 Å². The molecular weight excluding hydrogens is 374 g/mol. The average molecular weight is 399 g/mol. The number of carbonyl (C=O) groups excluding carboxylic acids is 2. The molecule has 2 aliphatic heterocycles. The molecule has 0 radical (unpaired) electrons. The van der Waals surface area contributed by atoms with Crippen LogP contribution in [0.25, 0.3) is 10.8 Å². The van der Waals surface area contributed by atoms with E-state index < -0.39 is 0 Å². The molecule has 0 bridgehead atoms. The minimum absolute atomic E-state index is 0.000619. The largest absolute Gasteiger partial charge is 0.370 e. The highest BCUT2D eigenvalue weighted by Gasteiger charge is 2.36. The molecule has 1 unspecified atom stereocenters. The highest BCUT2D eigenvalue weighted by atomic mass is 16.2. The lowest BCUT2D eigenvalue weighted by molar-refractivity contribution is -0.122. The first-order chi connectivity index (χ1) is 14.7. The number of amides is 2. The third-order valence-corrected chi connectivity index (χ3v) is 6.16. The summed E-state index contributed by atoms with van der Waals surface area (Å²) < 4.78 is 0. The molecule has 1 N–H and O–H groups in total. The van der Waals surface area contributed by atoms with Crippen molar-refractivity contribution >= 4 is 39.6 Å². The molecule has 0 saturated carbocycles. The Morgan fingerprint density at radius 1 is 0.867 bits per heavy atom. The first kappa shape index (κ1) is 18.7. The lowest BCUT2D eigenvalue weighted by atomic mass is 10.1. The normalized spacial score (nSPS) is 18.9. The van der Waals surface area contributed by atoms with Gasteiger partial charge in [0, 0.05) is 31.4 Å². The summed E-state index contributed by atoms with van der Waals surface area (Å²) in [6.45, 7) is 2.44. The van der Waals surface area contributed by atoms with E-state index in [9.17, 15) is 9.59 Å². The van der Waals surface area contributed by atoms with Gasteiger partial charge in [0.05, 0.1) is 23.0 Å². The molecule has 0 spiro atoms. The molecule has 30 heavy (non-hydrogen) atoms. The van der Waals surface area contributed by atoms with Gasteiger partial charge in [0.25, 0.3) is 0 Å². The van der Waals surface area contributed by atoms with Crippen LogP contribution in [0.5, 0.6) is 0 Å². The highest BCUT2D eigenvalue weighted by Crippen LogP contribution is 2.33. The SMILES string of the molecule is O=C(Nc1ccccc1N1CCCC1)C1CC(=O)N(c2cccc3ccccc23)C1. The Bertz CT molecular complexity index is 1100. The number of fused-ring (bicyclic) bond motifs is 1. The molecule has 0 aromatic heterocycles. The van der Waals surface area contributed by atoms with Crippen LogP contribution in [-0.2, 0) is 9.59 Å². The minimum atomic E-state index is -0.358. The van der Waals surface area contributed by atoms with E-state index in [4.69, 9.17) is 0 Å². The van der Waals surface area contributed by atoms with Crippen molar-refractivity contribution in [2.24, 2.45) is 5.92 Å². The van der Waals surface area contributed by atoms with Crippen LogP contribution < -0.4 is 15.1 Å². The maximum absolute atomic E-state index is 13.1. The Morgan fingerprint density at radius 3 is 2.43 bits per heavy atom. The summed E-state index contributed by atoms with van der Waals surface area (Å²) in [6, 6.07) is 22.0. The minimum Gasteiger partial charge on any atom is -0.370 e. The summed E-state index contributed by atoms with van der Waals surface area (Å²) in [5.41, 5.74) is 2.78. The summed E-state index contributed by atoms with van der Waals surface area (Å²) in [6.07, 6.45) is 2.60. The smallest absolute Gasteiger partial charge is 0.229 e. The molecule has 3 aromatic rings. The number of nitrogens with zero attached hydrogens (tertiary/aromatic N) is 2. The van der Waals surface area contributed by atoms with Crippen molar-refractivity contribution in [3.8, 4) is 0 Å². The first-order valence-corrected chi connectivity index (χ1v) is 10.6. The maximum Gasteiger partial charge on any atom is 0.229 e. The average Bonchev–Trinajstić information content (AvgIpc) is 3.44. The third-order valence-electron chi connectivity index (χ3n) is 6.16. The van der Waals surface area contributed by atoms with E-state index in [2.05, 4.69) is 16.3 Å². The zero-order chi connectivity index (χ0) is 20.5. The molecule has 152 valence electrons. The lowest BCUT2D eigenvalue weighted by Gasteiger charge is -2.22. The fraction of sp³-hybridized carbons (Fsp3) is 0.280. The van der Waals surface area contributed by atoms with Gasteiger partial charge in [-0.3, -0.25) is 9.59 Å². The van der Waals surface area contributed by atoms with E-state index in [0.29, 0.717) is 6.54 Å². The Kier molecular flexibility index (Phi) is 4.87. The molecule has 3 aromatic carbocycles. The molecule has 2 heterocycles. The second-order valence-electron chi connectivity index (χ2n) is 8.10. The summed E-state index contributed by atoms with van der Waals surface area (Å²) in [5.74, 6) is -0.444. The van der Waals surface area contributed by atoms with E-state index in [1.807, 2.05) is 60.7 Å². The molecule has 2 amide bonds. The monoisotopic (exact) mass is 399 g/mol. The maximum atomic E-state index is 13.1. The van der Waals surface area contributed by atoms with Gasteiger partial charge >= 0.3 is 0 Å². The number of para-hydroxylation sites is 2. The molecular formula is C25H25N3O2. The van der Waals surface area contributed by atoms with Crippen molar-refractivity contribution in [2.45, 2.75) is 19.3 Å². The van der Waals surface area contributed by atoms with Gasteiger partial charge in [-0.2, -0.15) is 0 Å². The Balaban J connectivity index is 1.36. The van der Waals surface area contributed by atoms with Gasteiger partial charge in [0.2, 0.25) is 11.8 Å². The van der Waals surface area contributed by atoms with E-state index in [1.165, 1.54) is 12.8 Å². The van der Waals surface area contributed by atoms with Gasteiger partial charge < -0.3 is 15.1 Å². The van der Waals surface area contributed by atoms with Crippen LogP contribution in [0.2, 0.25) is 0 Å². The lowest BCUT2D eigenvalue weighted by Crippen LogP contribution is -2.29. The van der Waals surface area contributed by atoms with Crippen LogP contribution in [0.15, 0.2) is 66.7 Å². The van der Waals surface area contributed by atoms with Gasteiger partial charge in [-0.1, -0.05) is 48.5 Å². The first-order valence-electron chi connectivity index (χ1n) is 10.6. The van der Waals surface area contributed by atoms with Crippen LogP contribution in [0.4, 0.5) is 17.1 Å². The second-order valence-corrected chi connectivity index (χ2v) is 8.10. The van der Waals surface area contributed by atoms with Crippen molar-refractivity contribution in [3.05, 3.63) is 66.7 Å². The summed E-state index contributed by atoms with van der Waals surface area (Å²) >= 11 is 0. The summed E-state index contributed by atoms with van der Waals surface area (Å²) in [4.78, 5) is 29.9. The van der Waals surface area contributed by atoms with E-state index >= 15 is 0 Å². The molecule has 2 aliphatic rings. The second kappa shape index (κ2) is 7.82. The predicted octanol–water partition coefficient (Wildman–Crippen LogP) is 4.43. The fourth-order valence-electron chi connectivity index (χ4n) is 4.61. The number of rotatable bonds is 4. The van der Waals surface area contributed by atoms with Crippen LogP contribution in [-0.4, -0.2) is 31.4 Å². The zero-order valence-electron chi connectivity index (χ0n) is 16.9. The number of benzene rings is 3. The van der Waals surface area contributed by atoms with Crippen molar-refractivity contribution in [2.75, 3.05) is 34.8 Å². The third kappa shape index (κ3) is 3.41. The van der Waals surface area contributed by atoms with Crippen LogP contribution in [0.1, 0.15) is 19.3 Å². The standard InChI is InChI=1S/C25H25N3O2/c29-24-16-19(17-28(24)22-13-7-9-18-8-1-2-10-20(18)22)25(30)26-21-11-3-4-12-23(21)27-14-5-6-15-27/h1-4,7-13,19H,5-6,14-17H2,(H,26,30). The molecule has 5 nitrogen and oxygen atoms in total. The van der Waals surface area contributed by atoms with E-state index in [-0.39, 0.29) is 24.2 Å². The summed E-state index contributed by atoms with van der Waals surface area (Å²) in [7, 11) is 0. The number of hydrogen-bond donors (Lipinski definition) is 1. The fourth-order valence-corrected chi connectivity index (χ4v) is 4.61. The molecule has 2 saturated heterocycles. The predicted molar refractivity (Wildman–Crippen MR) is 121 cm³/mol. The molecule has 1 atom stereocenters. The molecule has 2 fully saturated rings. The van der Waals surface area contributed by atoms with E-state index in [0.717, 1.165) is 40.9 Å². The van der Waals surface area contributed by atoms with Crippen LogP contribution >= 0.6 is 0 Å². The number of anilines is 3.